The van der Waals surface area contributed by atoms with Crippen molar-refractivity contribution in [3.63, 3.8) is 0 Å². The smallest absolute Gasteiger partial charge is 0.394 e. The quantitative estimate of drug-likeness (QED) is 0.536. The third kappa shape index (κ3) is 7.01. The van der Waals surface area contributed by atoms with Gasteiger partial charge in [-0.15, -0.1) is 0 Å². The molecule has 9 nitrogen and oxygen atoms in total. The molecule has 0 unspecified atom stereocenters. The first-order valence-electron chi connectivity index (χ1n) is 8.35. The molecule has 1 saturated heterocycles. The van der Waals surface area contributed by atoms with Crippen molar-refractivity contribution in [3.8, 4) is 0 Å². The third-order valence-electron chi connectivity index (χ3n) is 4.54. The van der Waals surface area contributed by atoms with Gasteiger partial charge < -0.3 is 15.6 Å². The normalized spacial score (nSPS) is 17.3. The number of H-pyrrole nitrogens is 1. The fourth-order valence-corrected chi connectivity index (χ4v) is 3.29. The maximum absolute atomic E-state index is 12.2. The van der Waals surface area contributed by atoms with Gasteiger partial charge in [0.15, 0.2) is 0 Å². The summed E-state index contributed by atoms with van der Waals surface area (Å²) in [6.45, 7) is 4.20. The standard InChI is InChI=1S/C17H22N2O2.H2O4S.H2O/c1-12-4-2-6-15-16(12)10-13(18-17(15)21)7-9-19-8-3-5-14(19)11-20;1-5(2,3)4;/h2,4,6,10,14,20H,3,5,7-9,11H2,1H3,(H,18,21);(H2,1,2,3,4);1H2/t14-;;/m1../s1. The van der Waals surface area contributed by atoms with E-state index in [0.29, 0.717) is 6.04 Å². The van der Waals surface area contributed by atoms with Crippen LogP contribution in [0.15, 0.2) is 29.1 Å². The van der Waals surface area contributed by atoms with Crippen LogP contribution in [0.4, 0.5) is 0 Å². The van der Waals surface area contributed by atoms with Gasteiger partial charge in [0.25, 0.3) is 5.56 Å². The van der Waals surface area contributed by atoms with E-state index in [4.69, 9.17) is 17.5 Å². The minimum atomic E-state index is -4.67. The molecule has 1 aromatic heterocycles. The van der Waals surface area contributed by atoms with E-state index in [-0.39, 0.29) is 17.6 Å². The van der Waals surface area contributed by atoms with Crippen LogP contribution in [-0.4, -0.2) is 63.7 Å². The lowest BCUT2D eigenvalue weighted by Gasteiger charge is -2.22. The summed E-state index contributed by atoms with van der Waals surface area (Å²) in [7, 11) is -4.67. The summed E-state index contributed by atoms with van der Waals surface area (Å²) in [5, 5.41) is 11.2. The van der Waals surface area contributed by atoms with E-state index in [1.165, 1.54) is 0 Å². The highest BCUT2D eigenvalue weighted by atomic mass is 32.3. The minimum absolute atomic E-state index is 0. The average molecular weight is 402 g/mol. The Labute approximate surface area is 157 Å². The van der Waals surface area contributed by atoms with Gasteiger partial charge in [0.2, 0.25) is 0 Å². The van der Waals surface area contributed by atoms with Crippen LogP contribution in [0, 0.1) is 6.92 Å². The number of aliphatic hydroxyl groups excluding tert-OH is 1. The molecule has 1 atom stereocenters. The SMILES string of the molecule is Cc1cccc2c(=O)[nH]c(CCN3CCC[C@@H]3CO)cc12.O.O=S(=O)(O)O. The molecular formula is C17H26N2O7S. The zero-order valence-corrected chi connectivity index (χ0v) is 15.9. The molecule has 1 fully saturated rings. The molecule has 0 saturated carbocycles. The Bertz CT molecular complexity index is 903. The molecule has 27 heavy (non-hydrogen) atoms. The molecule has 10 heteroatoms. The van der Waals surface area contributed by atoms with Crippen molar-refractivity contribution in [2.75, 3.05) is 19.7 Å². The number of pyridine rings is 1. The Morgan fingerprint density at radius 2 is 1.93 bits per heavy atom. The summed E-state index contributed by atoms with van der Waals surface area (Å²) in [4.78, 5) is 17.5. The van der Waals surface area contributed by atoms with E-state index >= 15 is 0 Å². The van der Waals surface area contributed by atoms with Gasteiger partial charge in [-0.05, 0) is 49.4 Å². The highest BCUT2D eigenvalue weighted by molar-refractivity contribution is 7.79. The van der Waals surface area contributed by atoms with Crippen molar-refractivity contribution >= 4 is 21.2 Å². The number of nitrogens with zero attached hydrogens (tertiary/aromatic N) is 1. The lowest BCUT2D eigenvalue weighted by Crippen LogP contribution is -2.34. The Morgan fingerprint density at radius 3 is 2.56 bits per heavy atom. The zero-order chi connectivity index (χ0) is 19.3. The van der Waals surface area contributed by atoms with Gasteiger partial charge in [0.05, 0.1) is 6.61 Å². The fraction of sp³-hybridized carbons (Fsp3) is 0.471. The zero-order valence-electron chi connectivity index (χ0n) is 15.1. The van der Waals surface area contributed by atoms with Crippen LogP contribution in [0.3, 0.4) is 0 Å². The van der Waals surface area contributed by atoms with Crippen LogP contribution < -0.4 is 5.56 Å². The number of nitrogens with one attached hydrogen (secondary N) is 1. The molecule has 0 spiro atoms. The fourth-order valence-electron chi connectivity index (χ4n) is 3.29. The van der Waals surface area contributed by atoms with Gasteiger partial charge in [-0.3, -0.25) is 18.8 Å². The summed E-state index contributed by atoms with van der Waals surface area (Å²) >= 11 is 0. The summed E-state index contributed by atoms with van der Waals surface area (Å²) in [6.07, 6.45) is 3.04. The van der Waals surface area contributed by atoms with Crippen LogP contribution in [0.1, 0.15) is 24.1 Å². The predicted octanol–water partition coefficient (Wildman–Crippen LogP) is 0.358. The van der Waals surface area contributed by atoms with Crippen molar-refractivity contribution in [1.82, 2.24) is 9.88 Å². The summed E-state index contributed by atoms with van der Waals surface area (Å²) in [6, 6.07) is 8.21. The van der Waals surface area contributed by atoms with Crippen LogP contribution >= 0.6 is 0 Å². The Hall–Kier alpha value is -1.82. The molecule has 0 amide bonds. The molecule has 2 aromatic rings. The first-order chi connectivity index (χ1) is 12.2. The summed E-state index contributed by atoms with van der Waals surface area (Å²) in [5.41, 5.74) is 2.10. The second-order valence-corrected chi connectivity index (χ2v) is 7.27. The monoisotopic (exact) mass is 402 g/mol. The molecule has 3 rings (SSSR count). The van der Waals surface area contributed by atoms with E-state index < -0.39 is 10.4 Å². The van der Waals surface area contributed by atoms with Crippen molar-refractivity contribution < 1.29 is 28.1 Å². The number of hydrogen-bond donors (Lipinski definition) is 4. The number of likely N-dealkylation sites (tertiary alicyclic amines) is 1. The molecule has 1 aliphatic heterocycles. The summed E-state index contributed by atoms with van der Waals surface area (Å²) in [5.74, 6) is 0. The predicted molar refractivity (Wildman–Crippen MR) is 102 cm³/mol. The highest BCUT2D eigenvalue weighted by Crippen LogP contribution is 2.18. The van der Waals surface area contributed by atoms with Crippen LogP contribution in [-0.2, 0) is 16.8 Å². The number of aromatic nitrogens is 1. The molecule has 0 radical (unpaired) electrons. The van der Waals surface area contributed by atoms with E-state index in [9.17, 15) is 9.90 Å². The van der Waals surface area contributed by atoms with Gasteiger partial charge in [-0.2, -0.15) is 8.42 Å². The number of benzene rings is 1. The molecule has 1 aliphatic rings. The van der Waals surface area contributed by atoms with E-state index in [2.05, 4.69) is 16.0 Å². The molecule has 152 valence electrons. The summed E-state index contributed by atoms with van der Waals surface area (Å²) < 4.78 is 31.6. The number of hydrogen-bond acceptors (Lipinski definition) is 5. The molecular weight excluding hydrogens is 376 g/mol. The van der Waals surface area contributed by atoms with Gasteiger partial charge in [0.1, 0.15) is 0 Å². The first-order valence-corrected chi connectivity index (χ1v) is 9.75. The molecule has 1 aromatic carbocycles. The van der Waals surface area contributed by atoms with Crippen LogP contribution in [0.5, 0.6) is 0 Å². The second-order valence-electron chi connectivity index (χ2n) is 6.37. The van der Waals surface area contributed by atoms with E-state index in [1.807, 2.05) is 25.1 Å². The molecule has 0 bridgehead atoms. The number of aliphatic hydroxyl groups is 1. The number of aryl methyl sites for hydroxylation is 1. The Balaban J connectivity index is 0.000000542. The molecule has 2 heterocycles. The Morgan fingerprint density at radius 1 is 1.26 bits per heavy atom. The van der Waals surface area contributed by atoms with Crippen molar-refractivity contribution in [2.45, 2.75) is 32.2 Å². The van der Waals surface area contributed by atoms with Gasteiger partial charge >= 0.3 is 10.4 Å². The number of fused-ring (bicyclic) bond motifs is 1. The largest absolute Gasteiger partial charge is 0.412 e. The average Bonchev–Trinajstić information content (AvgIpc) is 3.00. The van der Waals surface area contributed by atoms with Crippen LogP contribution in [0.2, 0.25) is 0 Å². The van der Waals surface area contributed by atoms with Gasteiger partial charge in [-0.25, -0.2) is 0 Å². The van der Waals surface area contributed by atoms with Crippen molar-refractivity contribution in [1.29, 1.82) is 0 Å². The third-order valence-corrected chi connectivity index (χ3v) is 4.54. The minimum Gasteiger partial charge on any atom is -0.412 e. The van der Waals surface area contributed by atoms with E-state index in [1.54, 1.807) is 0 Å². The molecule has 0 aliphatic carbocycles. The first kappa shape index (κ1) is 23.2. The van der Waals surface area contributed by atoms with Crippen molar-refractivity contribution in [3.05, 3.63) is 45.9 Å². The van der Waals surface area contributed by atoms with Gasteiger partial charge in [0, 0.05) is 30.1 Å². The lowest BCUT2D eigenvalue weighted by atomic mass is 10.1. The highest BCUT2D eigenvalue weighted by Gasteiger charge is 2.23. The van der Waals surface area contributed by atoms with E-state index in [0.717, 1.165) is 54.4 Å². The topological polar surface area (TPSA) is 162 Å². The second kappa shape index (κ2) is 9.93. The number of rotatable bonds is 4. The number of aromatic amines is 1. The Kier molecular flexibility index (Phi) is 8.54. The maximum atomic E-state index is 12.2. The maximum Gasteiger partial charge on any atom is 0.394 e. The van der Waals surface area contributed by atoms with Crippen molar-refractivity contribution in [2.24, 2.45) is 0 Å². The van der Waals surface area contributed by atoms with Crippen LogP contribution in [0.25, 0.3) is 10.8 Å². The van der Waals surface area contributed by atoms with Gasteiger partial charge in [-0.1, -0.05) is 12.1 Å². The lowest BCUT2D eigenvalue weighted by molar-refractivity contribution is 0.160. The molecule has 6 N–H and O–H groups in total.